The summed E-state index contributed by atoms with van der Waals surface area (Å²) >= 11 is 0. The minimum atomic E-state index is 0.0427. The predicted molar refractivity (Wildman–Crippen MR) is 115 cm³/mol. The van der Waals surface area contributed by atoms with Gasteiger partial charge in [0.15, 0.2) is 0 Å². The SMILES string of the molecule is CC1CC2CC(C1)CC(C)(OCCOCCOCCOCCOCCOCCO)C2. The van der Waals surface area contributed by atoms with Gasteiger partial charge in [-0.2, -0.15) is 0 Å². The average molecular weight is 433 g/mol. The molecule has 30 heavy (non-hydrogen) atoms. The fraction of sp³-hybridized carbons (Fsp3) is 1.00. The fourth-order valence-corrected chi connectivity index (χ4v) is 5.05. The summed E-state index contributed by atoms with van der Waals surface area (Å²) in [5, 5.41) is 8.56. The van der Waals surface area contributed by atoms with Gasteiger partial charge in [-0.1, -0.05) is 6.92 Å². The molecule has 2 unspecified atom stereocenters. The van der Waals surface area contributed by atoms with Crippen molar-refractivity contribution in [1.82, 2.24) is 0 Å². The first-order chi connectivity index (χ1) is 14.6. The third-order valence-corrected chi connectivity index (χ3v) is 5.98. The summed E-state index contributed by atoms with van der Waals surface area (Å²) in [6.07, 6.45) is 6.58. The maximum atomic E-state index is 8.56. The van der Waals surface area contributed by atoms with Crippen molar-refractivity contribution < 1.29 is 33.5 Å². The van der Waals surface area contributed by atoms with Crippen LogP contribution < -0.4 is 0 Å². The molecule has 2 rings (SSSR count). The summed E-state index contributed by atoms with van der Waals surface area (Å²) in [5.41, 5.74) is 0.0427. The first-order valence-electron chi connectivity index (χ1n) is 11.7. The van der Waals surface area contributed by atoms with Crippen LogP contribution in [-0.2, 0) is 28.4 Å². The zero-order valence-electron chi connectivity index (χ0n) is 19.1. The molecule has 178 valence electrons. The molecule has 0 heterocycles. The molecule has 0 amide bonds. The highest BCUT2D eigenvalue weighted by molar-refractivity contribution is 4.92. The van der Waals surface area contributed by atoms with Crippen LogP contribution in [0.1, 0.15) is 46.0 Å². The topological polar surface area (TPSA) is 75.6 Å². The van der Waals surface area contributed by atoms with Crippen molar-refractivity contribution in [2.45, 2.75) is 51.6 Å². The largest absolute Gasteiger partial charge is 0.394 e. The summed E-state index contributed by atoms with van der Waals surface area (Å²) in [6, 6.07) is 0. The maximum Gasteiger partial charge on any atom is 0.0707 e. The number of rotatable bonds is 18. The average Bonchev–Trinajstić information content (AvgIpc) is 2.69. The van der Waals surface area contributed by atoms with Gasteiger partial charge in [0, 0.05) is 0 Å². The minimum absolute atomic E-state index is 0.0427. The van der Waals surface area contributed by atoms with Crippen molar-refractivity contribution in [3.8, 4) is 0 Å². The van der Waals surface area contributed by atoms with Crippen molar-refractivity contribution in [1.29, 1.82) is 0 Å². The molecule has 7 heteroatoms. The molecule has 2 bridgehead atoms. The monoisotopic (exact) mass is 432 g/mol. The Balaban J connectivity index is 1.32. The molecule has 0 aromatic heterocycles. The van der Waals surface area contributed by atoms with Crippen molar-refractivity contribution in [3.05, 3.63) is 0 Å². The van der Waals surface area contributed by atoms with Gasteiger partial charge in [0.05, 0.1) is 84.9 Å². The number of hydrogen-bond donors (Lipinski definition) is 1. The Bertz CT molecular complexity index is 402. The second-order valence-corrected chi connectivity index (χ2v) is 9.04. The highest BCUT2D eigenvalue weighted by atomic mass is 16.6. The lowest BCUT2D eigenvalue weighted by atomic mass is 9.64. The standard InChI is InChI=1S/C23H44O7/c1-20-15-21-17-22(16-20)19-23(2,18-21)30-14-13-29-12-11-28-10-9-27-8-7-26-6-5-25-4-3-24/h20-22,24H,3-19H2,1-2H3. The first-order valence-corrected chi connectivity index (χ1v) is 11.7. The summed E-state index contributed by atoms with van der Waals surface area (Å²) in [7, 11) is 0. The number of hydrogen-bond acceptors (Lipinski definition) is 7. The number of fused-ring (bicyclic) bond motifs is 2. The summed E-state index contributed by atoms with van der Waals surface area (Å²) in [6.45, 7) is 10.7. The van der Waals surface area contributed by atoms with E-state index in [0.29, 0.717) is 72.7 Å². The molecule has 0 spiro atoms. The molecule has 0 aliphatic heterocycles. The maximum absolute atomic E-state index is 8.56. The molecule has 2 atom stereocenters. The van der Waals surface area contributed by atoms with Crippen molar-refractivity contribution in [2.75, 3.05) is 79.3 Å². The third kappa shape index (κ3) is 11.4. The molecule has 0 radical (unpaired) electrons. The lowest BCUT2D eigenvalue weighted by Gasteiger charge is -2.47. The highest BCUT2D eigenvalue weighted by Gasteiger charge is 2.41. The van der Waals surface area contributed by atoms with E-state index in [4.69, 9.17) is 33.5 Å². The highest BCUT2D eigenvalue weighted by Crippen LogP contribution is 2.47. The van der Waals surface area contributed by atoms with Crippen LogP contribution in [0.3, 0.4) is 0 Å². The molecular formula is C23H44O7. The summed E-state index contributed by atoms with van der Waals surface area (Å²) in [4.78, 5) is 0. The Kier molecular flexibility index (Phi) is 13.4. The van der Waals surface area contributed by atoms with Gasteiger partial charge in [0.2, 0.25) is 0 Å². The summed E-state index contributed by atoms with van der Waals surface area (Å²) < 4.78 is 33.2. The Morgan fingerprint density at radius 1 is 0.633 bits per heavy atom. The molecule has 0 saturated heterocycles. The molecule has 0 aromatic carbocycles. The Labute approximate surface area is 182 Å². The Morgan fingerprint density at radius 2 is 1.03 bits per heavy atom. The van der Waals surface area contributed by atoms with E-state index in [0.717, 1.165) is 17.8 Å². The molecule has 2 fully saturated rings. The van der Waals surface area contributed by atoms with E-state index in [-0.39, 0.29) is 12.2 Å². The lowest BCUT2D eigenvalue weighted by Crippen LogP contribution is -2.43. The van der Waals surface area contributed by atoms with Crippen molar-refractivity contribution >= 4 is 0 Å². The van der Waals surface area contributed by atoms with Crippen LogP contribution in [0.5, 0.6) is 0 Å². The fourth-order valence-electron chi connectivity index (χ4n) is 5.05. The zero-order valence-corrected chi connectivity index (χ0v) is 19.1. The van der Waals surface area contributed by atoms with Crippen LogP contribution >= 0.6 is 0 Å². The molecule has 2 aliphatic rings. The van der Waals surface area contributed by atoms with E-state index < -0.39 is 0 Å². The van der Waals surface area contributed by atoms with Crippen LogP contribution in [0.4, 0.5) is 0 Å². The van der Waals surface area contributed by atoms with Crippen molar-refractivity contribution in [3.63, 3.8) is 0 Å². The Morgan fingerprint density at radius 3 is 1.47 bits per heavy atom. The molecule has 7 nitrogen and oxygen atoms in total. The van der Waals surface area contributed by atoms with Crippen molar-refractivity contribution in [2.24, 2.45) is 17.8 Å². The van der Waals surface area contributed by atoms with E-state index in [1.165, 1.54) is 32.1 Å². The number of aliphatic hydroxyl groups excluding tert-OH is 1. The van der Waals surface area contributed by atoms with Gasteiger partial charge in [-0.25, -0.2) is 0 Å². The van der Waals surface area contributed by atoms with Gasteiger partial charge in [-0.05, 0) is 56.8 Å². The van der Waals surface area contributed by atoms with E-state index in [2.05, 4.69) is 13.8 Å². The van der Waals surface area contributed by atoms with Crippen LogP contribution in [0, 0.1) is 17.8 Å². The van der Waals surface area contributed by atoms with Gasteiger partial charge in [-0.3, -0.25) is 0 Å². The van der Waals surface area contributed by atoms with Gasteiger partial charge in [0.1, 0.15) is 0 Å². The van der Waals surface area contributed by atoms with Crippen LogP contribution in [0.2, 0.25) is 0 Å². The normalized spacial score (nSPS) is 28.7. The first kappa shape index (κ1) is 26.0. The van der Waals surface area contributed by atoms with E-state index in [1.807, 2.05) is 0 Å². The van der Waals surface area contributed by atoms with E-state index in [1.54, 1.807) is 0 Å². The summed E-state index contributed by atoms with van der Waals surface area (Å²) in [5.74, 6) is 2.60. The van der Waals surface area contributed by atoms with E-state index >= 15 is 0 Å². The smallest absolute Gasteiger partial charge is 0.0707 e. The van der Waals surface area contributed by atoms with Gasteiger partial charge in [0.25, 0.3) is 0 Å². The molecule has 2 aliphatic carbocycles. The van der Waals surface area contributed by atoms with E-state index in [9.17, 15) is 0 Å². The molecule has 1 N–H and O–H groups in total. The minimum Gasteiger partial charge on any atom is -0.394 e. The second kappa shape index (κ2) is 15.5. The third-order valence-electron chi connectivity index (χ3n) is 5.98. The van der Waals surface area contributed by atoms with Gasteiger partial charge in [-0.15, -0.1) is 0 Å². The second-order valence-electron chi connectivity index (χ2n) is 9.04. The van der Waals surface area contributed by atoms with Gasteiger partial charge >= 0.3 is 0 Å². The van der Waals surface area contributed by atoms with Crippen LogP contribution in [0.15, 0.2) is 0 Å². The van der Waals surface area contributed by atoms with Crippen LogP contribution in [-0.4, -0.2) is 90.0 Å². The van der Waals surface area contributed by atoms with Gasteiger partial charge < -0.3 is 33.5 Å². The number of ether oxygens (including phenoxy) is 6. The quantitative estimate of drug-likeness (QED) is 0.334. The lowest BCUT2D eigenvalue weighted by molar-refractivity contribution is -0.113. The Hall–Kier alpha value is -0.280. The molecular weight excluding hydrogens is 388 g/mol. The van der Waals surface area contributed by atoms with Crippen LogP contribution in [0.25, 0.3) is 0 Å². The number of aliphatic hydroxyl groups is 1. The predicted octanol–water partition coefficient (Wildman–Crippen LogP) is 2.68. The zero-order chi connectivity index (χ0) is 21.5. The molecule has 0 aromatic rings. The molecule has 2 saturated carbocycles.